The number of hydrogen-bond acceptors (Lipinski definition) is 3. The molecule has 6 nitrogen and oxygen atoms in total. The molecule has 144 valence electrons. The van der Waals surface area contributed by atoms with E-state index in [1.807, 2.05) is 33.8 Å². The molecule has 0 aliphatic heterocycles. The molecule has 1 aromatic carbocycles. The molecular formula is C19H30N4O2S. The second kappa shape index (κ2) is 8.68. The van der Waals surface area contributed by atoms with E-state index in [2.05, 4.69) is 32.5 Å². The maximum Gasteiger partial charge on any atom is 0.241 e. The van der Waals surface area contributed by atoms with Gasteiger partial charge in [0.2, 0.25) is 10.0 Å². The lowest BCUT2D eigenvalue weighted by Gasteiger charge is -2.21. The molecule has 26 heavy (non-hydrogen) atoms. The lowest BCUT2D eigenvalue weighted by molar-refractivity contribution is 0.491. The van der Waals surface area contributed by atoms with E-state index in [0.29, 0.717) is 17.6 Å². The SMILES string of the molecule is CCNC(=NCc1ccccc1S(=O)(=O)NC(C)(C)C)NC1CC=CC1. The fraction of sp³-hybridized carbons (Fsp3) is 0.526. The minimum Gasteiger partial charge on any atom is -0.357 e. The summed E-state index contributed by atoms with van der Waals surface area (Å²) >= 11 is 0. The number of rotatable bonds is 6. The number of aliphatic imine (C=N–C) groups is 1. The summed E-state index contributed by atoms with van der Waals surface area (Å²) in [6.07, 6.45) is 6.26. The van der Waals surface area contributed by atoms with Gasteiger partial charge >= 0.3 is 0 Å². The minimum atomic E-state index is -3.60. The molecular weight excluding hydrogens is 348 g/mol. The van der Waals surface area contributed by atoms with Crippen LogP contribution in [0, 0.1) is 0 Å². The molecule has 0 unspecified atom stereocenters. The lowest BCUT2D eigenvalue weighted by Crippen LogP contribution is -2.42. The van der Waals surface area contributed by atoms with Crippen molar-refractivity contribution in [3.63, 3.8) is 0 Å². The van der Waals surface area contributed by atoms with Gasteiger partial charge in [-0.3, -0.25) is 0 Å². The monoisotopic (exact) mass is 378 g/mol. The van der Waals surface area contributed by atoms with E-state index in [1.54, 1.807) is 18.2 Å². The number of hydrogen-bond donors (Lipinski definition) is 3. The molecule has 0 saturated carbocycles. The zero-order valence-corrected chi connectivity index (χ0v) is 16.9. The van der Waals surface area contributed by atoms with Crippen LogP contribution in [0.15, 0.2) is 46.3 Å². The summed E-state index contributed by atoms with van der Waals surface area (Å²) in [6.45, 7) is 8.53. The Morgan fingerprint density at radius 3 is 2.46 bits per heavy atom. The van der Waals surface area contributed by atoms with Gasteiger partial charge in [-0.05, 0) is 52.2 Å². The lowest BCUT2D eigenvalue weighted by atomic mass is 10.1. The number of benzene rings is 1. The predicted molar refractivity (Wildman–Crippen MR) is 107 cm³/mol. The van der Waals surface area contributed by atoms with Gasteiger partial charge in [-0.15, -0.1) is 0 Å². The van der Waals surface area contributed by atoms with Gasteiger partial charge in [0.05, 0.1) is 11.4 Å². The molecule has 2 rings (SSSR count). The highest BCUT2D eigenvalue weighted by Gasteiger charge is 2.24. The van der Waals surface area contributed by atoms with E-state index >= 15 is 0 Å². The van der Waals surface area contributed by atoms with Gasteiger partial charge in [-0.2, -0.15) is 0 Å². The molecule has 0 aromatic heterocycles. The van der Waals surface area contributed by atoms with Crippen molar-refractivity contribution in [3.8, 4) is 0 Å². The summed E-state index contributed by atoms with van der Waals surface area (Å²) in [5, 5.41) is 6.62. The van der Waals surface area contributed by atoms with Crippen LogP contribution in [0.5, 0.6) is 0 Å². The zero-order valence-electron chi connectivity index (χ0n) is 16.0. The van der Waals surface area contributed by atoms with Crippen LogP contribution < -0.4 is 15.4 Å². The van der Waals surface area contributed by atoms with Gasteiger partial charge in [0.15, 0.2) is 5.96 Å². The van der Waals surface area contributed by atoms with Crippen molar-refractivity contribution in [3.05, 3.63) is 42.0 Å². The van der Waals surface area contributed by atoms with E-state index in [-0.39, 0.29) is 11.4 Å². The maximum atomic E-state index is 12.7. The molecule has 1 aromatic rings. The van der Waals surface area contributed by atoms with E-state index < -0.39 is 15.6 Å². The fourth-order valence-corrected chi connectivity index (χ4v) is 4.42. The number of guanidine groups is 1. The third-order valence-corrected chi connectivity index (χ3v) is 5.66. The third kappa shape index (κ3) is 6.14. The smallest absolute Gasteiger partial charge is 0.241 e. The Morgan fingerprint density at radius 1 is 1.19 bits per heavy atom. The second-order valence-electron chi connectivity index (χ2n) is 7.44. The Morgan fingerprint density at radius 2 is 1.85 bits per heavy atom. The predicted octanol–water partition coefficient (Wildman–Crippen LogP) is 2.54. The van der Waals surface area contributed by atoms with Crippen LogP contribution >= 0.6 is 0 Å². The van der Waals surface area contributed by atoms with E-state index in [0.717, 1.165) is 19.4 Å². The zero-order chi connectivity index (χ0) is 19.2. The Hall–Kier alpha value is -1.86. The molecule has 0 saturated heterocycles. The van der Waals surface area contributed by atoms with Gasteiger partial charge in [0, 0.05) is 18.1 Å². The first-order valence-electron chi connectivity index (χ1n) is 9.03. The molecule has 1 aliphatic rings. The molecule has 7 heteroatoms. The second-order valence-corrected chi connectivity index (χ2v) is 9.09. The Balaban J connectivity index is 2.20. The van der Waals surface area contributed by atoms with Crippen molar-refractivity contribution in [2.45, 2.75) is 63.6 Å². The van der Waals surface area contributed by atoms with E-state index in [1.165, 1.54) is 0 Å². The highest BCUT2D eigenvalue weighted by molar-refractivity contribution is 7.89. The molecule has 0 heterocycles. The fourth-order valence-electron chi connectivity index (χ4n) is 2.77. The van der Waals surface area contributed by atoms with Crippen molar-refractivity contribution >= 4 is 16.0 Å². The quantitative estimate of drug-likeness (QED) is 0.404. The van der Waals surface area contributed by atoms with Crippen molar-refractivity contribution in [1.82, 2.24) is 15.4 Å². The molecule has 3 N–H and O–H groups in total. The van der Waals surface area contributed by atoms with Gasteiger partial charge in [-0.1, -0.05) is 30.4 Å². The van der Waals surface area contributed by atoms with Crippen LogP contribution in [-0.2, 0) is 16.6 Å². The summed E-state index contributed by atoms with van der Waals surface area (Å²) in [4.78, 5) is 4.87. The molecule has 0 atom stereocenters. The van der Waals surface area contributed by atoms with Crippen LogP contribution in [-0.4, -0.2) is 32.5 Å². The summed E-state index contributed by atoms with van der Waals surface area (Å²) in [7, 11) is -3.60. The van der Waals surface area contributed by atoms with Crippen molar-refractivity contribution in [2.75, 3.05) is 6.54 Å². The molecule has 0 amide bonds. The van der Waals surface area contributed by atoms with Crippen molar-refractivity contribution in [1.29, 1.82) is 0 Å². The Labute approximate surface area is 157 Å². The minimum absolute atomic E-state index is 0.275. The van der Waals surface area contributed by atoms with Crippen LogP contribution in [0.4, 0.5) is 0 Å². The first kappa shape index (κ1) is 20.5. The standard InChI is InChI=1S/C19H30N4O2S/c1-5-20-18(22-16-11-7-8-12-16)21-14-15-10-6-9-13-17(15)26(24,25)23-19(2,3)4/h6-10,13,16,23H,5,11-12,14H2,1-4H3,(H2,20,21,22). The first-order valence-corrected chi connectivity index (χ1v) is 10.5. The van der Waals surface area contributed by atoms with Crippen molar-refractivity contribution in [2.24, 2.45) is 4.99 Å². The summed E-state index contributed by atoms with van der Waals surface area (Å²) in [6, 6.07) is 7.34. The molecule has 0 fully saturated rings. The average molecular weight is 379 g/mol. The van der Waals surface area contributed by atoms with Gasteiger partial charge < -0.3 is 10.6 Å². The third-order valence-electron chi connectivity index (χ3n) is 3.80. The summed E-state index contributed by atoms with van der Waals surface area (Å²) in [5.41, 5.74) is 0.132. The maximum absolute atomic E-state index is 12.7. The summed E-state index contributed by atoms with van der Waals surface area (Å²) in [5.74, 6) is 0.706. The normalized spacial score (nSPS) is 16.1. The van der Waals surface area contributed by atoms with Gasteiger partial charge in [-0.25, -0.2) is 18.1 Å². The summed E-state index contributed by atoms with van der Waals surface area (Å²) < 4.78 is 28.1. The topological polar surface area (TPSA) is 82.6 Å². The number of sulfonamides is 1. The van der Waals surface area contributed by atoms with Crippen LogP contribution in [0.3, 0.4) is 0 Å². The molecule has 0 spiro atoms. The highest BCUT2D eigenvalue weighted by atomic mass is 32.2. The largest absolute Gasteiger partial charge is 0.357 e. The van der Waals surface area contributed by atoms with Crippen LogP contribution in [0.1, 0.15) is 46.1 Å². The number of nitrogens with zero attached hydrogens (tertiary/aromatic N) is 1. The van der Waals surface area contributed by atoms with E-state index in [9.17, 15) is 8.42 Å². The van der Waals surface area contributed by atoms with Crippen LogP contribution in [0.2, 0.25) is 0 Å². The average Bonchev–Trinajstić information content (AvgIpc) is 3.04. The van der Waals surface area contributed by atoms with Gasteiger partial charge in [0.25, 0.3) is 0 Å². The van der Waals surface area contributed by atoms with Gasteiger partial charge in [0.1, 0.15) is 0 Å². The highest BCUT2D eigenvalue weighted by Crippen LogP contribution is 2.18. The first-order chi connectivity index (χ1) is 12.2. The van der Waals surface area contributed by atoms with E-state index in [4.69, 9.17) is 0 Å². The molecule has 0 radical (unpaired) electrons. The Kier molecular flexibility index (Phi) is 6.83. The Bertz CT molecular complexity index is 756. The van der Waals surface area contributed by atoms with Crippen LogP contribution in [0.25, 0.3) is 0 Å². The number of nitrogens with one attached hydrogen (secondary N) is 3. The molecule has 1 aliphatic carbocycles. The molecule has 0 bridgehead atoms. The van der Waals surface area contributed by atoms with Crippen molar-refractivity contribution < 1.29 is 8.42 Å².